The van der Waals surface area contributed by atoms with Crippen LogP contribution in [0, 0.1) is 0 Å². The minimum Gasteiger partial charge on any atom is -0.459 e. The molecule has 144 valence electrons. The summed E-state index contributed by atoms with van der Waals surface area (Å²) in [5.74, 6) is -2.08. The quantitative estimate of drug-likeness (QED) is 0.370. The molecule has 0 radical (unpaired) electrons. The first-order valence-corrected chi connectivity index (χ1v) is 10.2. The summed E-state index contributed by atoms with van der Waals surface area (Å²) < 4.78 is 30.0. The topological polar surface area (TPSA) is 63.2 Å². The van der Waals surface area contributed by atoms with E-state index >= 15 is 0 Å². The van der Waals surface area contributed by atoms with Crippen molar-refractivity contribution in [2.45, 2.75) is 70.3 Å². The molecule has 7 heteroatoms. The Morgan fingerprint density at radius 1 is 1.00 bits per heavy atom. The molecule has 6 nitrogen and oxygen atoms in total. The Balaban J connectivity index is 1.72. The summed E-state index contributed by atoms with van der Waals surface area (Å²) in [6.07, 6.45) is -2.04. The molecule has 0 bridgehead atoms. The lowest BCUT2D eigenvalue weighted by Crippen LogP contribution is -2.46. The van der Waals surface area contributed by atoms with Crippen LogP contribution in [0.5, 0.6) is 0 Å². The zero-order valence-electron chi connectivity index (χ0n) is 15.4. The lowest BCUT2D eigenvalue weighted by molar-refractivity contribution is -0.176. The molecule has 2 heterocycles. The molecule has 0 N–H and O–H groups in total. The van der Waals surface area contributed by atoms with Gasteiger partial charge in [-0.15, -0.1) is 0 Å². The molecular weight excluding hydrogens is 451 g/mol. The van der Waals surface area contributed by atoms with Crippen molar-refractivity contribution in [3.63, 3.8) is 0 Å². The fraction of sp³-hybridized carbons (Fsp3) is 0.632. The van der Waals surface area contributed by atoms with Crippen molar-refractivity contribution in [1.82, 2.24) is 0 Å². The Kier molecular flexibility index (Phi) is 5.93. The van der Waals surface area contributed by atoms with E-state index in [-0.39, 0.29) is 12.7 Å². The molecule has 2 aliphatic rings. The summed E-state index contributed by atoms with van der Waals surface area (Å²) in [5, 5.41) is 0. The van der Waals surface area contributed by atoms with E-state index in [0.717, 1.165) is 9.99 Å². The molecule has 0 amide bonds. The SMILES string of the molecule is CC1(C)O[C@@H]([C@@H]2OC(C)(C)O[C@H]2C(=O)OCc2ccccc2)[C@@H](CI)O1. The van der Waals surface area contributed by atoms with Gasteiger partial charge in [-0.05, 0) is 33.3 Å². The fourth-order valence-electron chi connectivity index (χ4n) is 3.28. The van der Waals surface area contributed by atoms with E-state index < -0.39 is 35.9 Å². The van der Waals surface area contributed by atoms with E-state index in [0.29, 0.717) is 0 Å². The van der Waals surface area contributed by atoms with Gasteiger partial charge < -0.3 is 23.7 Å². The summed E-state index contributed by atoms with van der Waals surface area (Å²) in [6.45, 7) is 7.47. The molecule has 4 atom stereocenters. The summed E-state index contributed by atoms with van der Waals surface area (Å²) in [6, 6.07) is 9.54. The van der Waals surface area contributed by atoms with E-state index in [1.165, 1.54) is 0 Å². The maximum absolute atomic E-state index is 12.7. The van der Waals surface area contributed by atoms with E-state index in [4.69, 9.17) is 23.7 Å². The second-order valence-electron chi connectivity index (χ2n) is 7.41. The maximum Gasteiger partial charge on any atom is 0.338 e. The van der Waals surface area contributed by atoms with Crippen molar-refractivity contribution in [3.05, 3.63) is 35.9 Å². The number of esters is 1. The Labute approximate surface area is 167 Å². The molecule has 2 saturated heterocycles. The van der Waals surface area contributed by atoms with Gasteiger partial charge in [0.25, 0.3) is 0 Å². The second-order valence-corrected chi connectivity index (χ2v) is 8.29. The molecule has 1 aromatic carbocycles. The van der Waals surface area contributed by atoms with Gasteiger partial charge in [-0.3, -0.25) is 0 Å². The number of carbonyl (C=O) groups is 1. The Morgan fingerprint density at radius 2 is 1.62 bits per heavy atom. The fourth-order valence-corrected chi connectivity index (χ4v) is 3.96. The van der Waals surface area contributed by atoms with Crippen LogP contribution in [0.3, 0.4) is 0 Å². The highest BCUT2D eigenvalue weighted by Gasteiger charge is 2.56. The zero-order chi connectivity index (χ0) is 18.9. The highest BCUT2D eigenvalue weighted by molar-refractivity contribution is 14.1. The van der Waals surface area contributed by atoms with Crippen molar-refractivity contribution >= 4 is 28.6 Å². The highest BCUT2D eigenvalue weighted by Crippen LogP contribution is 2.39. The number of hydrogen-bond acceptors (Lipinski definition) is 6. The van der Waals surface area contributed by atoms with Crippen LogP contribution in [0.4, 0.5) is 0 Å². The number of carbonyl (C=O) groups excluding carboxylic acids is 1. The predicted octanol–water partition coefficient (Wildman–Crippen LogP) is 3.21. The number of halogens is 1. The van der Waals surface area contributed by atoms with Crippen LogP contribution in [-0.4, -0.2) is 46.4 Å². The molecular formula is C19H25IO6. The van der Waals surface area contributed by atoms with Crippen molar-refractivity contribution in [3.8, 4) is 0 Å². The molecule has 0 saturated carbocycles. The first-order chi connectivity index (χ1) is 12.2. The number of alkyl halides is 1. The first-order valence-electron chi connectivity index (χ1n) is 8.68. The van der Waals surface area contributed by atoms with Gasteiger partial charge in [0.15, 0.2) is 17.7 Å². The van der Waals surface area contributed by atoms with Crippen LogP contribution >= 0.6 is 22.6 Å². The smallest absolute Gasteiger partial charge is 0.338 e. The van der Waals surface area contributed by atoms with Gasteiger partial charge in [-0.25, -0.2) is 4.79 Å². The van der Waals surface area contributed by atoms with Crippen LogP contribution < -0.4 is 0 Å². The molecule has 0 aromatic heterocycles. The van der Waals surface area contributed by atoms with Crippen LogP contribution in [-0.2, 0) is 35.1 Å². The largest absolute Gasteiger partial charge is 0.459 e. The lowest BCUT2D eigenvalue weighted by Gasteiger charge is -2.25. The zero-order valence-corrected chi connectivity index (χ0v) is 17.6. The summed E-state index contributed by atoms with van der Waals surface area (Å²) >= 11 is 2.25. The molecule has 2 aliphatic heterocycles. The summed E-state index contributed by atoms with van der Waals surface area (Å²) in [5.41, 5.74) is 0.919. The van der Waals surface area contributed by atoms with Crippen molar-refractivity contribution < 1.29 is 28.5 Å². The number of hydrogen-bond donors (Lipinski definition) is 0. The minimum absolute atomic E-state index is 0.183. The third-order valence-electron chi connectivity index (χ3n) is 4.28. The first kappa shape index (κ1) is 20.0. The van der Waals surface area contributed by atoms with Gasteiger partial charge in [0, 0.05) is 4.43 Å². The molecule has 1 aromatic rings. The van der Waals surface area contributed by atoms with Gasteiger partial charge in [0.1, 0.15) is 18.8 Å². The van der Waals surface area contributed by atoms with Crippen molar-refractivity contribution in [2.75, 3.05) is 4.43 Å². The van der Waals surface area contributed by atoms with E-state index in [1.54, 1.807) is 13.8 Å². The van der Waals surface area contributed by atoms with E-state index in [9.17, 15) is 4.79 Å². The minimum atomic E-state index is -0.896. The normalized spacial score (nSPS) is 32.5. The Bertz CT molecular complexity index is 632. The molecule has 0 aliphatic carbocycles. The summed E-state index contributed by atoms with van der Waals surface area (Å²) in [7, 11) is 0. The van der Waals surface area contributed by atoms with Crippen LogP contribution in [0.25, 0.3) is 0 Å². The van der Waals surface area contributed by atoms with Gasteiger partial charge in [-0.2, -0.15) is 0 Å². The second kappa shape index (κ2) is 7.71. The van der Waals surface area contributed by atoms with Crippen molar-refractivity contribution in [2.24, 2.45) is 0 Å². The average molecular weight is 476 g/mol. The monoisotopic (exact) mass is 476 g/mol. The lowest BCUT2D eigenvalue weighted by atomic mass is 10.0. The molecule has 26 heavy (non-hydrogen) atoms. The molecule has 0 spiro atoms. The van der Waals surface area contributed by atoms with Crippen LogP contribution in [0.15, 0.2) is 30.3 Å². The average Bonchev–Trinajstić information content (AvgIpc) is 3.08. The number of ether oxygens (including phenoxy) is 5. The summed E-state index contributed by atoms with van der Waals surface area (Å²) in [4.78, 5) is 12.7. The van der Waals surface area contributed by atoms with Crippen molar-refractivity contribution in [1.29, 1.82) is 0 Å². The predicted molar refractivity (Wildman–Crippen MR) is 103 cm³/mol. The maximum atomic E-state index is 12.7. The molecule has 0 unspecified atom stereocenters. The molecule has 2 fully saturated rings. The Morgan fingerprint density at radius 3 is 2.27 bits per heavy atom. The number of rotatable bonds is 5. The number of benzene rings is 1. The third-order valence-corrected chi connectivity index (χ3v) is 5.15. The molecule has 3 rings (SSSR count). The Hall–Kier alpha value is -0.740. The third kappa shape index (κ3) is 4.56. The highest BCUT2D eigenvalue weighted by atomic mass is 127. The van der Waals surface area contributed by atoms with E-state index in [1.807, 2.05) is 44.2 Å². The van der Waals surface area contributed by atoms with Crippen LogP contribution in [0.2, 0.25) is 0 Å². The standard InChI is InChI=1S/C19H25IO6/c1-18(2)23-13(10-20)14(24-18)15-16(26-19(3,4)25-15)17(21)22-11-12-8-6-5-7-9-12/h5-9,13-16H,10-11H2,1-4H3/t13-,14-,15+,16-/m1/s1. The van der Waals surface area contributed by atoms with E-state index in [2.05, 4.69) is 22.6 Å². The van der Waals surface area contributed by atoms with Crippen LogP contribution in [0.1, 0.15) is 33.3 Å². The van der Waals surface area contributed by atoms with Gasteiger partial charge in [0.05, 0.1) is 6.10 Å². The van der Waals surface area contributed by atoms with Gasteiger partial charge >= 0.3 is 5.97 Å². The van der Waals surface area contributed by atoms with Gasteiger partial charge in [-0.1, -0.05) is 52.9 Å². The van der Waals surface area contributed by atoms with Gasteiger partial charge in [0.2, 0.25) is 0 Å².